The molecule has 1 aliphatic heterocycles. The van der Waals surface area contributed by atoms with Crippen LogP contribution in [-0.4, -0.2) is 53.7 Å². The third-order valence-corrected chi connectivity index (χ3v) is 5.01. The maximum Gasteiger partial charge on any atom is 0.354 e. The number of pyridine rings is 1. The maximum atomic E-state index is 14.4. The van der Waals surface area contributed by atoms with Gasteiger partial charge in [-0.2, -0.15) is 0 Å². The maximum absolute atomic E-state index is 14.4. The van der Waals surface area contributed by atoms with E-state index < -0.39 is 29.4 Å². The number of benzene rings is 1. The van der Waals surface area contributed by atoms with Crippen molar-refractivity contribution in [2.45, 2.75) is 25.9 Å². The molecule has 162 valence electrons. The van der Waals surface area contributed by atoms with Gasteiger partial charge in [0.15, 0.2) is 5.69 Å². The lowest BCUT2D eigenvalue weighted by Crippen LogP contribution is -2.45. The molecule has 1 atom stereocenters. The summed E-state index contributed by atoms with van der Waals surface area (Å²) in [5, 5.41) is 12.4. The Morgan fingerprint density at radius 2 is 2.03 bits per heavy atom. The average molecular weight is 423 g/mol. The summed E-state index contributed by atoms with van der Waals surface area (Å²) in [6, 6.07) is 5.14. The molecule has 30 heavy (non-hydrogen) atoms. The number of rotatable bonds is 7. The van der Waals surface area contributed by atoms with Gasteiger partial charge in [0.2, 0.25) is 0 Å². The molecule has 2 aromatic rings. The highest BCUT2D eigenvalue weighted by Gasteiger charge is 2.29. The van der Waals surface area contributed by atoms with Crippen LogP contribution >= 0.6 is 0 Å². The SMILES string of the molecule is Cc1cc(OC(CN2CCNCC2)c2ccc(C(C)(F)F)c(F)c2)cnc1C(=O)O. The summed E-state index contributed by atoms with van der Waals surface area (Å²) >= 11 is 0. The normalized spacial score (nSPS) is 16.3. The lowest BCUT2D eigenvalue weighted by atomic mass is 10.0. The van der Waals surface area contributed by atoms with Crippen LogP contribution in [0.3, 0.4) is 0 Å². The molecule has 0 saturated carbocycles. The number of hydrogen-bond donors (Lipinski definition) is 2. The van der Waals surface area contributed by atoms with Crippen molar-refractivity contribution >= 4 is 5.97 Å². The van der Waals surface area contributed by atoms with E-state index in [1.165, 1.54) is 12.3 Å². The quantitative estimate of drug-likeness (QED) is 0.712. The van der Waals surface area contributed by atoms with Gasteiger partial charge >= 0.3 is 5.97 Å². The highest BCUT2D eigenvalue weighted by atomic mass is 19.3. The summed E-state index contributed by atoms with van der Waals surface area (Å²) in [6.07, 6.45) is 0.653. The predicted molar refractivity (Wildman–Crippen MR) is 105 cm³/mol. The van der Waals surface area contributed by atoms with Gasteiger partial charge in [0.05, 0.1) is 11.8 Å². The molecule has 1 aliphatic rings. The van der Waals surface area contributed by atoms with Crippen LogP contribution in [0.2, 0.25) is 0 Å². The van der Waals surface area contributed by atoms with Gasteiger partial charge in [-0.3, -0.25) is 4.90 Å². The van der Waals surface area contributed by atoms with E-state index in [2.05, 4.69) is 15.2 Å². The molecule has 0 aliphatic carbocycles. The van der Waals surface area contributed by atoms with Crippen molar-refractivity contribution < 1.29 is 27.8 Å². The topological polar surface area (TPSA) is 74.7 Å². The number of alkyl halides is 2. The first kappa shape index (κ1) is 22.0. The zero-order valence-corrected chi connectivity index (χ0v) is 16.8. The second kappa shape index (κ2) is 9.01. The van der Waals surface area contributed by atoms with Crippen LogP contribution in [0.15, 0.2) is 30.5 Å². The first-order valence-corrected chi connectivity index (χ1v) is 9.62. The second-order valence-electron chi connectivity index (χ2n) is 7.43. The first-order valence-electron chi connectivity index (χ1n) is 9.62. The number of carbonyl (C=O) groups is 1. The molecule has 6 nitrogen and oxygen atoms in total. The van der Waals surface area contributed by atoms with E-state index in [-0.39, 0.29) is 5.69 Å². The van der Waals surface area contributed by atoms with Crippen LogP contribution in [-0.2, 0) is 5.92 Å². The Morgan fingerprint density at radius 3 is 2.60 bits per heavy atom. The van der Waals surface area contributed by atoms with E-state index in [9.17, 15) is 18.0 Å². The lowest BCUT2D eigenvalue weighted by molar-refractivity contribution is 0.0136. The van der Waals surface area contributed by atoms with Crippen molar-refractivity contribution in [2.24, 2.45) is 0 Å². The van der Waals surface area contributed by atoms with Crippen molar-refractivity contribution in [1.82, 2.24) is 15.2 Å². The van der Waals surface area contributed by atoms with Crippen LogP contribution in [0.1, 0.15) is 40.2 Å². The Morgan fingerprint density at radius 1 is 1.33 bits per heavy atom. The van der Waals surface area contributed by atoms with Gasteiger partial charge in [0.1, 0.15) is 17.7 Å². The molecule has 1 fully saturated rings. The van der Waals surface area contributed by atoms with E-state index >= 15 is 0 Å². The number of carboxylic acids is 1. The Balaban J connectivity index is 1.89. The van der Waals surface area contributed by atoms with E-state index in [0.29, 0.717) is 30.3 Å². The second-order valence-corrected chi connectivity index (χ2v) is 7.43. The Bertz CT molecular complexity index is 912. The molecule has 1 unspecified atom stereocenters. The molecular weight excluding hydrogens is 399 g/mol. The number of nitrogens with one attached hydrogen (secondary N) is 1. The number of piperazine rings is 1. The van der Waals surface area contributed by atoms with Crippen LogP contribution in [0.5, 0.6) is 5.75 Å². The van der Waals surface area contributed by atoms with Gasteiger partial charge in [-0.25, -0.2) is 22.9 Å². The standard InChI is InChI=1S/C21H24F3N3O3/c1-13-9-15(11-26-19(13)20(28)29)30-18(12-27-7-5-25-6-8-27)14-3-4-16(17(22)10-14)21(2,23)24/h3-4,9-11,18,25H,5-8,12H2,1-2H3,(H,28,29). The van der Waals surface area contributed by atoms with E-state index in [4.69, 9.17) is 9.84 Å². The van der Waals surface area contributed by atoms with Gasteiger partial charge in [0.25, 0.3) is 5.92 Å². The van der Waals surface area contributed by atoms with Gasteiger partial charge in [-0.05, 0) is 36.2 Å². The van der Waals surface area contributed by atoms with Crippen molar-refractivity contribution in [2.75, 3.05) is 32.7 Å². The summed E-state index contributed by atoms with van der Waals surface area (Å²) in [7, 11) is 0. The number of carboxylic acid groups (broad SMARTS) is 1. The zero-order chi connectivity index (χ0) is 21.9. The highest BCUT2D eigenvalue weighted by molar-refractivity contribution is 5.87. The highest BCUT2D eigenvalue weighted by Crippen LogP contribution is 2.32. The predicted octanol–water partition coefficient (Wildman–Crippen LogP) is 3.36. The van der Waals surface area contributed by atoms with Crippen molar-refractivity contribution in [3.05, 3.63) is 58.7 Å². The minimum atomic E-state index is -3.29. The van der Waals surface area contributed by atoms with Gasteiger partial charge in [-0.15, -0.1) is 0 Å². The molecule has 3 rings (SSSR count). The molecule has 0 radical (unpaired) electrons. The van der Waals surface area contributed by atoms with E-state index in [0.717, 1.165) is 38.3 Å². The fraction of sp³-hybridized carbons (Fsp3) is 0.429. The third kappa shape index (κ3) is 5.28. The molecular formula is C21H24F3N3O3. The minimum absolute atomic E-state index is 0.0819. The number of ether oxygens (including phenoxy) is 1. The van der Waals surface area contributed by atoms with Crippen molar-refractivity contribution in [3.8, 4) is 5.75 Å². The molecule has 2 heterocycles. The van der Waals surface area contributed by atoms with Gasteiger partial charge < -0.3 is 15.2 Å². The van der Waals surface area contributed by atoms with Gasteiger partial charge in [-0.1, -0.05) is 6.07 Å². The van der Waals surface area contributed by atoms with E-state index in [1.54, 1.807) is 13.0 Å². The number of aromatic carboxylic acids is 1. The van der Waals surface area contributed by atoms with Crippen molar-refractivity contribution in [1.29, 1.82) is 0 Å². The molecule has 1 saturated heterocycles. The first-order chi connectivity index (χ1) is 14.1. The summed E-state index contributed by atoms with van der Waals surface area (Å²) in [4.78, 5) is 17.2. The monoisotopic (exact) mass is 423 g/mol. The summed E-state index contributed by atoms with van der Waals surface area (Å²) in [6.45, 7) is 5.81. The number of aryl methyl sites for hydroxylation is 1. The van der Waals surface area contributed by atoms with Crippen LogP contribution in [0.25, 0.3) is 0 Å². The number of aromatic nitrogens is 1. The molecule has 1 aromatic heterocycles. The minimum Gasteiger partial charge on any atom is -0.483 e. The fourth-order valence-corrected chi connectivity index (χ4v) is 3.43. The molecule has 9 heteroatoms. The third-order valence-electron chi connectivity index (χ3n) is 5.01. The number of nitrogens with zero attached hydrogens (tertiary/aromatic N) is 2. The van der Waals surface area contributed by atoms with Gasteiger partial charge in [0, 0.05) is 39.6 Å². The molecule has 0 amide bonds. The Hall–Kier alpha value is -2.65. The number of hydrogen-bond acceptors (Lipinski definition) is 5. The lowest BCUT2D eigenvalue weighted by Gasteiger charge is -2.31. The average Bonchev–Trinajstić information content (AvgIpc) is 2.67. The zero-order valence-electron chi connectivity index (χ0n) is 16.8. The van der Waals surface area contributed by atoms with Crippen LogP contribution in [0, 0.1) is 12.7 Å². The number of halogens is 3. The van der Waals surface area contributed by atoms with E-state index in [1.807, 2.05) is 0 Å². The molecule has 1 aromatic carbocycles. The van der Waals surface area contributed by atoms with Crippen LogP contribution < -0.4 is 10.1 Å². The Labute approximate surface area is 172 Å². The summed E-state index contributed by atoms with van der Waals surface area (Å²) in [5.74, 6) is -5.10. The molecule has 0 bridgehead atoms. The summed E-state index contributed by atoms with van der Waals surface area (Å²) < 4.78 is 47.6. The van der Waals surface area contributed by atoms with Crippen LogP contribution in [0.4, 0.5) is 13.2 Å². The fourth-order valence-electron chi connectivity index (χ4n) is 3.43. The molecule has 2 N–H and O–H groups in total. The largest absolute Gasteiger partial charge is 0.483 e. The Kier molecular flexibility index (Phi) is 6.62. The molecule has 0 spiro atoms. The smallest absolute Gasteiger partial charge is 0.354 e. The summed E-state index contributed by atoms with van der Waals surface area (Å²) in [5.41, 5.74) is 0.0872. The van der Waals surface area contributed by atoms with Crippen molar-refractivity contribution in [3.63, 3.8) is 0 Å².